The van der Waals surface area contributed by atoms with E-state index in [4.69, 9.17) is 0 Å². The molecule has 0 heterocycles. The Kier molecular flexibility index (Phi) is 20.9. The minimum atomic E-state index is -0.359. The van der Waals surface area contributed by atoms with Gasteiger partial charge in [-0.15, -0.1) is 0 Å². The predicted octanol–water partition coefficient (Wildman–Crippen LogP) is 4.28. The Morgan fingerprint density at radius 1 is 0.600 bits per heavy atom. The van der Waals surface area contributed by atoms with Crippen LogP contribution in [0, 0.1) is 0 Å². The maximum atomic E-state index is 2.39. The van der Waals surface area contributed by atoms with Gasteiger partial charge < -0.3 is 9.19 Å². The van der Waals surface area contributed by atoms with Crippen LogP contribution in [-0.4, -0.2) is 39.5 Å². The van der Waals surface area contributed by atoms with E-state index in [-0.39, 0.29) is 13.5 Å². The summed E-state index contributed by atoms with van der Waals surface area (Å²) in [6, 6.07) is 0. The second kappa shape index (κ2) is 17.5. The van der Waals surface area contributed by atoms with E-state index in [1.165, 1.54) is 82.0 Å². The van der Waals surface area contributed by atoms with Crippen molar-refractivity contribution in [2.75, 3.05) is 26.2 Å². The Hall–Kier alpha value is 0.107. The molecule has 1 nitrogen and oxygen atoms in total. The molecule has 0 N–H and O–H groups in total. The zero-order chi connectivity index (χ0) is 19.1. The zero-order valence-corrected chi connectivity index (χ0v) is 20.5. The van der Waals surface area contributed by atoms with Crippen LogP contribution in [0.5, 0.6) is 0 Å². The minimum Gasteiger partial charge on any atom is -1.00 e. The Bertz CT molecular complexity index is 224. The van der Waals surface area contributed by atoms with Crippen molar-refractivity contribution in [3.05, 3.63) is 0 Å². The standard InChI is InChI=1S/C16H36N.C6H16Si.FH/c1-5-9-13-17(14-10-6-2,15-11-7-3)16-12-8-4;1-6(2,3)7(4)5;/h5-16H2,1-4H3;7H,1-5H3;1H/q+1;;/p-1. The lowest BCUT2D eigenvalue weighted by Gasteiger charge is -2.39. The van der Waals surface area contributed by atoms with Gasteiger partial charge in [0.25, 0.3) is 0 Å². The first kappa shape index (κ1) is 29.9. The summed E-state index contributed by atoms with van der Waals surface area (Å²) in [5.41, 5.74) is 0. The summed E-state index contributed by atoms with van der Waals surface area (Å²) in [6.07, 6.45) is 11.1. The minimum absolute atomic E-state index is 0. The molecule has 0 aliphatic rings. The number of nitrogens with zero attached hydrogens (tertiary/aromatic N) is 1. The number of halogens is 1. The van der Waals surface area contributed by atoms with E-state index in [1.807, 2.05) is 0 Å². The van der Waals surface area contributed by atoms with Crippen molar-refractivity contribution in [1.82, 2.24) is 0 Å². The molecular weight excluding hydrogens is 325 g/mol. The molecule has 0 aliphatic heterocycles. The fourth-order valence-electron chi connectivity index (χ4n) is 2.64. The second-order valence-electron chi connectivity index (χ2n) is 9.17. The lowest BCUT2D eigenvalue weighted by atomic mass is 10.1. The lowest BCUT2D eigenvalue weighted by Crippen LogP contribution is -3.00. The molecule has 0 spiro atoms. The van der Waals surface area contributed by atoms with Gasteiger partial charge in [-0.2, -0.15) is 0 Å². The monoisotopic (exact) mass is 377 g/mol. The molecule has 0 unspecified atom stereocenters. The fourth-order valence-corrected chi connectivity index (χ4v) is 2.64. The summed E-state index contributed by atoms with van der Waals surface area (Å²) in [7, 11) is -0.359. The smallest absolute Gasteiger partial charge is 0.0786 e. The van der Waals surface area contributed by atoms with Crippen LogP contribution in [0.15, 0.2) is 0 Å². The number of hydrogen-bond acceptors (Lipinski definition) is 0. The maximum Gasteiger partial charge on any atom is 0.0786 e. The maximum absolute atomic E-state index is 2.39. The number of rotatable bonds is 12. The normalized spacial score (nSPS) is 11.8. The molecule has 0 amide bonds. The highest BCUT2D eigenvalue weighted by atomic mass is 28.3. The number of hydrogen-bond donors (Lipinski definition) is 0. The third-order valence-corrected chi connectivity index (χ3v) is 9.14. The van der Waals surface area contributed by atoms with Crippen molar-refractivity contribution in [3.63, 3.8) is 0 Å². The summed E-state index contributed by atoms with van der Waals surface area (Å²) in [4.78, 5) is 0. The molecule has 0 aliphatic carbocycles. The van der Waals surface area contributed by atoms with Gasteiger partial charge in [0, 0.05) is 8.80 Å². The molecule has 0 bridgehead atoms. The average molecular weight is 378 g/mol. The Labute approximate surface area is 162 Å². The highest BCUT2D eigenvalue weighted by Gasteiger charge is 2.24. The van der Waals surface area contributed by atoms with Gasteiger partial charge in [0.05, 0.1) is 26.2 Å². The van der Waals surface area contributed by atoms with Crippen LogP contribution in [0.4, 0.5) is 0 Å². The van der Waals surface area contributed by atoms with Crippen LogP contribution in [0.3, 0.4) is 0 Å². The largest absolute Gasteiger partial charge is 1.00 e. The molecule has 0 atom stereocenters. The SMILES string of the molecule is CCCC[N+](CCCC)(CCCC)CCCC.C[SiH](C)C(C)(C)C.[F-]. The molecule has 0 aromatic rings. The van der Waals surface area contributed by atoms with Crippen LogP contribution in [0.25, 0.3) is 0 Å². The first-order chi connectivity index (χ1) is 11.2. The summed E-state index contributed by atoms with van der Waals surface area (Å²) in [5, 5.41) is 0.639. The van der Waals surface area contributed by atoms with Crippen molar-refractivity contribution in [1.29, 1.82) is 0 Å². The number of unbranched alkanes of at least 4 members (excludes halogenated alkanes) is 4. The van der Waals surface area contributed by atoms with Crippen molar-refractivity contribution in [2.45, 2.75) is 118 Å². The fraction of sp³-hybridized carbons (Fsp3) is 1.00. The van der Waals surface area contributed by atoms with Gasteiger partial charge in [-0.3, -0.25) is 0 Å². The van der Waals surface area contributed by atoms with Crippen molar-refractivity contribution < 1.29 is 9.19 Å². The highest BCUT2D eigenvalue weighted by Crippen LogP contribution is 2.25. The highest BCUT2D eigenvalue weighted by molar-refractivity contribution is 6.59. The van der Waals surface area contributed by atoms with E-state index >= 15 is 0 Å². The predicted molar refractivity (Wildman–Crippen MR) is 118 cm³/mol. The first-order valence-corrected chi connectivity index (χ1v) is 13.9. The molecule has 0 fully saturated rings. The summed E-state index contributed by atoms with van der Waals surface area (Å²) < 4.78 is 1.42. The molecule has 25 heavy (non-hydrogen) atoms. The molecule has 0 aromatic carbocycles. The summed E-state index contributed by atoms with van der Waals surface area (Å²) in [5.74, 6) is 0. The van der Waals surface area contributed by atoms with Crippen LogP contribution in [0.1, 0.15) is 99.8 Å². The van der Waals surface area contributed by atoms with Gasteiger partial charge in [0.1, 0.15) is 0 Å². The van der Waals surface area contributed by atoms with Gasteiger partial charge >= 0.3 is 0 Å². The molecule has 156 valence electrons. The quantitative estimate of drug-likeness (QED) is 0.352. The Morgan fingerprint density at radius 3 is 0.920 bits per heavy atom. The van der Waals surface area contributed by atoms with Gasteiger partial charge in [0.2, 0.25) is 0 Å². The Morgan fingerprint density at radius 2 is 0.800 bits per heavy atom. The van der Waals surface area contributed by atoms with Gasteiger partial charge in [0.15, 0.2) is 0 Å². The number of quaternary nitrogens is 1. The van der Waals surface area contributed by atoms with E-state index in [9.17, 15) is 0 Å². The van der Waals surface area contributed by atoms with Gasteiger partial charge in [-0.1, -0.05) is 87.2 Å². The summed E-state index contributed by atoms with van der Waals surface area (Å²) >= 11 is 0. The van der Waals surface area contributed by atoms with Crippen molar-refractivity contribution in [2.24, 2.45) is 0 Å². The molecule has 0 saturated carbocycles. The van der Waals surface area contributed by atoms with Gasteiger partial charge in [-0.05, 0) is 30.7 Å². The van der Waals surface area contributed by atoms with Crippen LogP contribution < -0.4 is 4.70 Å². The van der Waals surface area contributed by atoms with Crippen LogP contribution in [0.2, 0.25) is 18.1 Å². The topological polar surface area (TPSA) is 0 Å². The van der Waals surface area contributed by atoms with Crippen LogP contribution in [-0.2, 0) is 0 Å². The average Bonchev–Trinajstić information content (AvgIpc) is 2.53. The third kappa shape index (κ3) is 17.3. The second-order valence-corrected chi connectivity index (χ2v) is 13.2. The molecule has 0 saturated heterocycles. The van der Waals surface area contributed by atoms with Gasteiger partial charge in [-0.25, -0.2) is 0 Å². The molecule has 0 radical (unpaired) electrons. The van der Waals surface area contributed by atoms with Crippen molar-refractivity contribution >= 4 is 8.80 Å². The van der Waals surface area contributed by atoms with Crippen molar-refractivity contribution in [3.8, 4) is 0 Å². The Balaban J connectivity index is -0.000000513. The first-order valence-electron chi connectivity index (χ1n) is 11.0. The lowest BCUT2D eigenvalue weighted by molar-refractivity contribution is -0.929. The van der Waals surface area contributed by atoms with E-state index in [0.29, 0.717) is 5.04 Å². The van der Waals surface area contributed by atoms with E-state index in [2.05, 4.69) is 61.6 Å². The summed E-state index contributed by atoms with van der Waals surface area (Å²) in [6.45, 7) is 26.8. The molecule has 3 heteroatoms. The molecule has 0 aromatic heterocycles. The molecule has 0 rings (SSSR count). The van der Waals surface area contributed by atoms with E-state index < -0.39 is 0 Å². The van der Waals surface area contributed by atoms with E-state index in [0.717, 1.165) is 0 Å². The molecular formula is C22H52FNSi. The van der Waals surface area contributed by atoms with Crippen LogP contribution >= 0.6 is 0 Å². The van der Waals surface area contributed by atoms with E-state index in [1.54, 1.807) is 0 Å². The zero-order valence-electron chi connectivity index (χ0n) is 19.4. The third-order valence-electron chi connectivity index (χ3n) is 5.68.